The van der Waals surface area contributed by atoms with Gasteiger partial charge in [0.15, 0.2) is 11.5 Å². The quantitative estimate of drug-likeness (QED) is 0.326. The molecule has 1 amide bonds. The van der Waals surface area contributed by atoms with Crippen LogP contribution in [0.4, 0.5) is 4.39 Å². The number of nitrogens with one attached hydrogen (secondary N) is 1. The maximum absolute atomic E-state index is 13.2. The first-order chi connectivity index (χ1) is 18.5. The molecule has 5 rings (SSSR count). The number of hydrogen-bond donors (Lipinski definition) is 2. The van der Waals surface area contributed by atoms with E-state index < -0.39 is 23.8 Å². The van der Waals surface area contributed by atoms with Crippen LogP contribution in [0.1, 0.15) is 34.9 Å². The first-order valence-electron chi connectivity index (χ1n) is 12.6. The number of aliphatic hydroxyl groups excluding tert-OH is 1. The average Bonchev–Trinajstić information content (AvgIpc) is 3.46. The molecule has 1 fully saturated rings. The van der Waals surface area contributed by atoms with Crippen molar-refractivity contribution in [1.82, 2.24) is 10.2 Å². The third-order valence-corrected chi connectivity index (χ3v) is 6.61. The molecule has 3 aromatic rings. The molecule has 0 spiro atoms. The highest BCUT2D eigenvalue weighted by atomic mass is 19.1. The Bertz CT molecular complexity index is 1290. The van der Waals surface area contributed by atoms with Gasteiger partial charge in [0.25, 0.3) is 5.91 Å². The van der Waals surface area contributed by atoms with Crippen molar-refractivity contribution < 1.29 is 33.3 Å². The van der Waals surface area contributed by atoms with E-state index in [1.54, 1.807) is 30.3 Å². The average molecular weight is 521 g/mol. The van der Waals surface area contributed by atoms with Gasteiger partial charge in [0.1, 0.15) is 36.6 Å². The van der Waals surface area contributed by atoms with Gasteiger partial charge in [-0.2, -0.15) is 0 Å². The lowest BCUT2D eigenvalue weighted by atomic mass is 10.00. The number of Topliss-reactive ketones (excluding diaryl/α,β-unsaturated/α-hetero) is 1. The van der Waals surface area contributed by atoms with Crippen LogP contribution in [0.3, 0.4) is 0 Å². The maximum atomic E-state index is 13.2. The van der Waals surface area contributed by atoms with Crippen LogP contribution >= 0.6 is 0 Å². The van der Waals surface area contributed by atoms with Crippen molar-refractivity contribution in [1.29, 1.82) is 0 Å². The predicted molar refractivity (Wildman–Crippen MR) is 137 cm³/mol. The summed E-state index contributed by atoms with van der Waals surface area (Å²) in [5.74, 6) is -0.104. The van der Waals surface area contributed by atoms with E-state index in [1.807, 2.05) is 0 Å². The number of hydrogen-bond acceptors (Lipinski definition) is 7. The number of benzene rings is 3. The standard InChI is InChI=1S/C29H29FN2O6/c30-21-7-9-22(10-8-21)38-23-5-3-4-19(16-23)28(34)29(35)31-24(18-32-12-1-2-13-32)27(33)20-6-11-25-26(17-20)37-15-14-36-25/h3-11,16-17,24,27,33H,1-2,12-15,18H2,(H,31,35). The number of halogens is 1. The van der Waals surface area contributed by atoms with Crippen molar-refractivity contribution in [3.63, 3.8) is 0 Å². The number of ether oxygens (including phenoxy) is 3. The summed E-state index contributed by atoms with van der Waals surface area (Å²) >= 11 is 0. The lowest BCUT2D eigenvalue weighted by Crippen LogP contribution is -2.48. The molecule has 38 heavy (non-hydrogen) atoms. The molecule has 0 radical (unpaired) electrons. The van der Waals surface area contributed by atoms with Crippen LogP contribution in [0.2, 0.25) is 0 Å². The Kier molecular flexibility index (Phi) is 7.86. The largest absolute Gasteiger partial charge is 0.486 e. The van der Waals surface area contributed by atoms with Crippen LogP contribution in [0.5, 0.6) is 23.0 Å². The lowest BCUT2D eigenvalue weighted by Gasteiger charge is -2.29. The fourth-order valence-corrected chi connectivity index (χ4v) is 4.65. The van der Waals surface area contributed by atoms with Crippen LogP contribution in [-0.2, 0) is 4.79 Å². The number of nitrogens with zero attached hydrogens (tertiary/aromatic N) is 1. The molecular formula is C29H29FN2O6. The molecule has 2 heterocycles. The maximum Gasteiger partial charge on any atom is 0.292 e. The van der Waals surface area contributed by atoms with Crippen molar-refractivity contribution in [2.45, 2.75) is 25.0 Å². The van der Waals surface area contributed by atoms with Crippen molar-refractivity contribution in [3.8, 4) is 23.0 Å². The number of rotatable bonds is 9. The van der Waals surface area contributed by atoms with E-state index in [0.29, 0.717) is 48.3 Å². The topological polar surface area (TPSA) is 97.3 Å². The Labute approximate surface area is 219 Å². The second-order valence-electron chi connectivity index (χ2n) is 9.35. The molecule has 0 aliphatic carbocycles. The van der Waals surface area contributed by atoms with Gasteiger partial charge in [0, 0.05) is 12.1 Å². The summed E-state index contributed by atoms with van der Waals surface area (Å²) in [6, 6.07) is 16.1. The van der Waals surface area contributed by atoms with Crippen LogP contribution in [0.15, 0.2) is 66.7 Å². The summed E-state index contributed by atoms with van der Waals surface area (Å²) < 4.78 is 30.1. The van der Waals surface area contributed by atoms with Gasteiger partial charge in [-0.1, -0.05) is 18.2 Å². The number of aliphatic hydroxyl groups is 1. The predicted octanol–water partition coefficient (Wildman–Crippen LogP) is 3.89. The van der Waals surface area contributed by atoms with E-state index in [1.165, 1.54) is 36.4 Å². The number of carbonyl (C=O) groups excluding carboxylic acids is 2. The minimum Gasteiger partial charge on any atom is -0.486 e. The molecular weight excluding hydrogens is 491 g/mol. The SMILES string of the molecule is O=C(NC(CN1CCCC1)C(O)c1ccc2c(c1)OCCO2)C(=O)c1cccc(Oc2ccc(F)cc2)c1. The second-order valence-corrected chi connectivity index (χ2v) is 9.35. The number of likely N-dealkylation sites (tertiary alicyclic amines) is 1. The van der Waals surface area contributed by atoms with E-state index in [0.717, 1.165) is 25.9 Å². The van der Waals surface area contributed by atoms with Crippen LogP contribution in [0, 0.1) is 5.82 Å². The molecule has 2 aliphatic heterocycles. The zero-order valence-corrected chi connectivity index (χ0v) is 20.8. The van der Waals surface area contributed by atoms with Gasteiger partial charge in [-0.15, -0.1) is 0 Å². The molecule has 0 saturated carbocycles. The minimum absolute atomic E-state index is 0.135. The normalized spacial score (nSPS) is 16.5. The van der Waals surface area contributed by atoms with Gasteiger partial charge in [-0.3, -0.25) is 9.59 Å². The molecule has 9 heteroatoms. The third kappa shape index (κ3) is 6.12. The number of ketones is 1. The summed E-state index contributed by atoms with van der Waals surface area (Å²) in [6.45, 7) is 2.98. The fraction of sp³-hybridized carbons (Fsp3) is 0.310. The summed E-state index contributed by atoms with van der Waals surface area (Å²) in [5, 5.41) is 14.0. The van der Waals surface area contributed by atoms with Gasteiger partial charge in [0.2, 0.25) is 5.78 Å². The molecule has 2 aliphatic rings. The summed E-state index contributed by atoms with van der Waals surface area (Å²) in [6.07, 6.45) is 1.01. The molecule has 0 aromatic heterocycles. The number of amides is 1. The zero-order valence-electron chi connectivity index (χ0n) is 20.8. The summed E-state index contributed by atoms with van der Waals surface area (Å²) in [4.78, 5) is 28.3. The first-order valence-corrected chi connectivity index (χ1v) is 12.6. The zero-order chi connectivity index (χ0) is 26.5. The van der Waals surface area contributed by atoms with E-state index in [4.69, 9.17) is 14.2 Å². The first kappa shape index (κ1) is 25.7. The minimum atomic E-state index is -1.07. The number of carbonyl (C=O) groups is 2. The Hall–Kier alpha value is -3.95. The Morgan fingerprint density at radius 3 is 2.45 bits per heavy atom. The van der Waals surface area contributed by atoms with Crippen molar-refractivity contribution in [2.75, 3.05) is 32.8 Å². The van der Waals surface area contributed by atoms with Gasteiger partial charge in [-0.25, -0.2) is 4.39 Å². The highest BCUT2D eigenvalue weighted by molar-refractivity contribution is 6.42. The van der Waals surface area contributed by atoms with E-state index in [9.17, 15) is 19.1 Å². The smallest absolute Gasteiger partial charge is 0.292 e. The van der Waals surface area contributed by atoms with Crippen molar-refractivity contribution >= 4 is 11.7 Å². The molecule has 1 saturated heterocycles. The Balaban J connectivity index is 1.31. The Morgan fingerprint density at radius 1 is 0.947 bits per heavy atom. The summed E-state index contributed by atoms with van der Waals surface area (Å²) in [7, 11) is 0. The molecule has 3 aromatic carbocycles. The molecule has 2 atom stereocenters. The van der Waals surface area contributed by atoms with Gasteiger partial charge in [0.05, 0.1) is 6.04 Å². The van der Waals surface area contributed by atoms with Crippen LogP contribution in [0.25, 0.3) is 0 Å². The van der Waals surface area contributed by atoms with Gasteiger partial charge in [-0.05, 0) is 80.0 Å². The highest BCUT2D eigenvalue weighted by Crippen LogP contribution is 2.33. The van der Waals surface area contributed by atoms with E-state index in [2.05, 4.69) is 10.2 Å². The monoisotopic (exact) mass is 520 g/mol. The molecule has 2 unspecified atom stereocenters. The van der Waals surface area contributed by atoms with Gasteiger partial charge >= 0.3 is 0 Å². The Morgan fingerprint density at radius 2 is 1.68 bits per heavy atom. The molecule has 198 valence electrons. The van der Waals surface area contributed by atoms with Crippen molar-refractivity contribution in [3.05, 3.63) is 83.7 Å². The van der Waals surface area contributed by atoms with Gasteiger partial charge < -0.3 is 29.5 Å². The van der Waals surface area contributed by atoms with E-state index in [-0.39, 0.29) is 11.4 Å². The lowest BCUT2D eigenvalue weighted by molar-refractivity contribution is -0.118. The fourth-order valence-electron chi connectivity index (χ4n) is 4.65. The summed E-state index contributed by atoms with van der Waals surface area (Å²) in [5.41, 5.74) is 0.691. The highest BCUT2D eigenvalue weighted by Gasteiger charge is 2.30. The van der Waals surface area contributed by atoms with Crippen molar-refractivity contribution in [2.24, 2.45) is 0 Å². The molecule has 8 nitrogen and oxygen atoms in total. The molecule has 2 N–H and O–H groups in total. The van der Waals surface area contributed by atoms with E-state index >= 15 is 0 Å². The third-order valence-electron chi connectivity index (χ3n) is 6.61. The van der Waals surface area contributed by atoms with Crippen LogP contribution < -0.4 is 19.5 Å². The second kappa shape index (κ2) is 11.6. The van der Waals surface area contributed by atoms with Crippen LogP contribution in [-0.4, -0.2) is 60.6 Å². The number of fused-ring (bicyclic) bond motifs is 1. The molecule has 0 bridgehead atoms.